The smallest absolute Gasteiger partial charge is 0.152 e. The number of aliphatic hydroxyl groups is 1. The second-order valence-corrected chi connectivity index (χ2v) is 5.83. The molecule has 1 saturated heterocycles. The zero-order chi connectivity index (χ0) is 14.8. The molecule has 0 radical (unpaired) electrons. The average molecular weight is 288 g/mol. The molecule has 114 valence electrons. The van der Waals surface area contributed by atoms with Crippen LogP contribution in [0, 0.1) is 5.92 Å². The SMILES string of the molecule is CCNCc1c(N2CCC(C(C)O)C2)nc2ccccn12. The summed E-state index contributed by atoms with van der Waals surface area (Å²) in [6.45, 7) is 7.61. The number of aliphatic hydroxyl groups excluding tert-OH is 1. The van der Waals surface area contributed by atoms with Crippen molar-refractivity contribution in [1.82, 2.24) is 14.7 Å². The molecule has 2 aromatic heterocycles. The van der Waals surface area contributed by atoms with Gasteiger partial charge in [0.25, 0.3) is 0 Å². The minimum atomic E-state index is -0.246. The number of pyridine rings is 1. The fraction of sp³-hybridized carbons (Fsp3) is 0.562. The minimum absolute atomic E-state index is 0.246. The minimum Gasteiger partial charge on any atom is -0.393 e. The summed E-state index contributed by atoms with van der Waals surface area (Å²) < 4.78 is 2.16. The molecule has 0 aromatic carbocycles. The van der Waals surface area contributed by atoms with Crippen molar-refractivity contribution < 1.29 is 5.11 Å². The Labute approximate surface area is 125 Å². The van der Waals surface area contributed by atoms with Gasteiger partial charge in [-0.15, -0.1) is 0 Å². The van der Waals surface area contributed by atoms with Crippen LogP contribution in [0.5, 0.6) is 0 Å². The van der Waals surface area contributed by atoms with Crippen LogP contribution in [0.25, 0.3) is 5.65 Å². The third kappa shape index (κ3) is 2.76. The van der Waals surface area contributed by atoms with Gasteiger partial charge in [0, 0.05) is 31.7 Å². The number of aromatic nitrogens is 2. The van der Waals surface area contributed by atoms with Crippen LogP contribution in [0.2, 0.25) is 0 Å². The lowest BCUT2D eigenvalue weighted by molar-refractivity contribution is 0.136. The van der Waals surface area contributed by atoms with Crippen LogP contribution in [-0.2, 0) is 6.54 Å². The van der Waals surface area contributed by atoms with Gasteiger partial charge in [0.1, 0.15) is 5.65 Å². The summed E-state index contributed by atoms with van der Waals surface area (Å²) in [5, 5.41) is 13.2. The third-order valence-corrected chi connectivity index (χ3v) is 4.36. The number of hydrogen-bond acceptors (Lipinski definition) is 4. The van der Waals surface area contributed by atoms with Crippen molar-refractivity contribution in [1.29, 1.82) is 0 Å². The summed E-state index contributed by atoms with van der Waals surface area (Å²) >= 11 is 0. The van der Waals surface area contributed by atoms with Gasteiger partial charge in [-0.05, 0) is 32.0 Å². The molecule has 2 N–H and O–H groups in total. The average Bonchev–Trinajstić information content (AvgIpc) is 3.09. The van der Waals surface area contributed by atoms with Crippen LogP contribution in [0.4, 0.5) is 5.82 Å². The molecule has 2 unspecified atom stereocenters. The molecule has 5 heteroatoms. The highest BCUT2D eigenvalue weighted by atomic mass is 16.3. The molecule has 1 aliphatic rings. The molecule has 0 saturated carbocycles. The van der Waals surface area contributed by atoms with E-state index in [4.69, 9.17) is 4.98 Å². The molecule has 2 aromatic rings. The van der Waals surface area contributed by atoms with Crippen molar-refractivity contribution in [2.24, 2.45) is 5.92 Å². The first-order valence-corrected chi connectivity index (χ1v) is 7.80. The van der Waals surface area contributed by atoms with Gasteiger partial charge in [-0.2, -0.15) is 0 Å². The van der Waals surface area contributed by atoms with E-state index < -0.39 is 0 Å². The van der Waals surface area contributed by atoms with E-state index in [0.717, 1.165) is 44.1 Å². The highest BCUT2D eigenvalue weighted by Gasteiger charge is 2.29. The van der Waals surface area contributed by atoms with Gasteiger partial charge in [0.05, 0.1) is 11.8 Å². The molecule has 1 fully saturated rings. The van der Waals surface area contributed by atoms with Crippen LogP contribution < -0.4 is 10.2 Å². The Morgan fingerprint density at radius 2 is 2.33 bits per heavy atom. The maximum absolute atomic E-state index is 9.80. The number of anilines is 1. The monoisotopic (exact) mass is 288 g/mol. The molecule has 0 amide bonds. The molecule has 21 heavy (non-hydrogen) atoms. The lowest BCUT2D eigenvalue weighted by Crippen LogP contribution is -2.26. The van der Waals surface area contributed by atoms with E-state index >= 15 is 0 Å². The number of imidazole rings is 1. The zero-order valence-corrected chi connectivity index (χ0v) is 12.8. The van der Waals surface area contributed by atoms with Crippen molar-refractivity contribution in [3.63, 3.8) is 0 Å². The van der Waals surface area contributed by atoms with Crippen LogP contribution in [0.3, 0.4) is 0 Å². The van der Waals surface area contributed by atoms with E-state index in [0.29, 0.717) is 5.92 Å². The first-order chi connectivity index (χ1) is 10.2. The number of hydrogen-bond donors (Lipinski definition) is 2. The van der Waals surface area contributed by atoms with Gasteiger partial charge in [0.15, 0.2) is 5.82 Å². The van der Waals surface area contributed by atoms with Crippen molar-refractivity contribution >= 4 is 11.5 Å². The highest BCUT2D eigenvalue weighted by molar-refractivity contribution is 5.56. The summed E-state index contributed by atoms with van der Waals surface area (Å²) in [6, 6.07) is 6.10. The molecule has 3 rings (SSSR count). The molecule has 2 atom stereocenters. The van der Waals surface area contributed by atoms with Gasteiger partial charge in [-0.3, -0.25) is 0 Å². The van der Waals surface area contributed by atoms with Crippen molar-refractivity contribution in [3.8, 4) is 0 Å². The van der Waals surface area contributed by atoms with Gasteiger partial charge < -0.3 is 19.7 Å². The maximum Gasteiger partial charge on any atom is 0.152 e. The zero-order valence-electron chi connectivity index (χ0n) is 12.8. The van der Waals surface area contributed by atoms with E-state index in [1.54, 1.807) is 0 Å². The lowest BCUT2D eigenvalue weighted by atomic mass is 10.0. The third-order valence-electron chi connectivity index (χ3n) is 4.36. The van der Waals surface area contributed by atoms with E-state index in [1.165, 1.54) is 5.69 Å². The quantitative estimate of drug-likeness (QED) is 0.878. The van der Waals surface area contributed by atoms with Gasteiger partial charge in [0.2, 0.25) is 0 Å². The van der Waals surface area contributed by atoms with E-state index in [2.05, 4.69) is 27.7 Å². The standard InChI is InChI=1S/C16H24N4O/c1-3-17-10-14-16(18-15-6-4-5-8-20(14)15)19-9-7-13(11-19)12(2)21/h4-6,8,12-13,17,21H,3,7,9-11H2,1-2H3. The predicted molar refractivity (Wildman–Crippen MR) is 84.6 cm³/mol. The Hall–Kier alpha value is -1.59. The summed E-state index contributed by atoms with van der Waals surface area (Å²) in [6.07, 6.45) is 2.86. The predicted octanol–water partition coefficient (Wildman–Crippen LogP) is 1.65. The summed E-state index contributed by atoms with van der Waals surface area (Å²) in [5.74, 6) is 1.41. The number of nitrogens with zero attached hydrogens (tertiary/aromatic N) is 3. The molecule has 1 aliphatic heterocycles. The Kier molecular flexibility index (Phi) is 4.12. The molecule has 0 spiro atoms. The molecular formula is C16H24N4O. The Morgan fingerprint density at radius 1 is 1.48 bits per heavy atom. The summed E-state index contributed by atoms with van der Waals surface area (Å²) in [5.41, 5.74) is 2.19. The summed E-state index contributed by atoms with van der Waals surface area (Å²) in [4.78, 5) is 7.13. The Balaban J connectivity index is 1.93. The van der Waals surface area contributed by atoms with E-state index in [-0.39, 0.29) is 6.10 Å². The van der Waals surface area contributed by atoms with E-state index in [9.17, 15) is 5.11 Å². The summed E-state index contributed by atoms with van der Waals surface area (Å²) in [7, 11) is 0. The molecule has 5 nitrogen and oxygen atoms in total. The van der Waals surface area contributed by atoms with Crippen molar-refractivity contribution in [3.05, 3.63) is 30.1 Å². The van der Waals surface area contributed by atoms with Crippen LogP contribution in [0.1, 0.15) is 26.0 Å². The number of fused-ring (bicyclic) bond motifs is 1. The van der Waals surface area contributed by atoms with Crippen LogP contribution >= 0.6 is 0 Å². The second kappa shape index (κ2) is 6.03. The van der Waals surface area contributed by atoms with Crippen LogP contribution in [-0.4, -0.2) is 40.2 Å². The topological polar surface area (TPSA) is 52.8 Å². The number of rotatable bonds is 5. The maximum atomic E-state index is 9.80. The molecule has 0 bridgehead atoms. The van der Waals surface area contributed by atoms with E-state index in [1.807, 2.05) is 25.1 Å². The Morgan fingerprint density at radius 3 is 3.05 bits per heavy atom. The highest BCUT2D eigenvalue weighted by Crippen LogP contribution is 2.28. The van der Waals surface area contributed by atoms with Crippen LogP contribution in [0.15, 0.2) is 24.4 Å². The largest absolute Gasteiger partial charge is 0.393 e. The fourth-order valence-electron chi connectivity index (χ4n) is 3.07. The van der Waals surface area contributed by atoms with Gasteiger partial charge in [-0.1, -0.05) is 13.0 Å². The lowest BCUT2D eigenvalue weighted by Gasteiger charge is -2.19. The molecule has 3 heterocycles. The molecular weight excluding hydrogens is 264 g/mol. The Bertz CT molecular complexity index is 607. The normalized spacial score (nSPS) is 20.3. The van der Waals surface area contributed by atoms with Crippen molar-refractivity contribution in [2.45, 2.75) is 32.9 Å². The molecule has 0 aliphatic carbocycles. The fourth-order valence-corrected chi connectivity index (χ4v) is 3.07. The van der Waals surface area contributed by atoms with Gasteiger partial charge in [-0.25, -0.2) is 4.98 Å². The number of nitrogens with one attached hydrogen (secondary N) is 1. The van der Waals surface area contributed by atoms with Crippen molar-refractivity contribution in [2.75, 3.05) is 24.5 Å². The first kappa shape index (κ1) is 14.4. The van der Waals surface area contributed by atoms with Gasteiger partial charge >= 0.3 is 0 Å². The second-order valence-electron chi connectivity index (χ2n) is 5.83. The first-order valence-electron chi connectivity index (χ1n) is 7.80.